The summed E-state index contributed by atoms with van der Waals surface area (Å²) in [7, 11) is 0. The Labute approximate surface area is 164 Å². The largest absolute Gasteiger partial charge is 0.207 e. The van der Waals surface area contributed by atoms with Crippen LogP contribution in [-0.4, -0.2) is 0 Å². The van der Waals surface area contributed by atoms with Crippen LogP contribution in [0.3, 0.4) is 0 Å². The van der Waals surface area contributed by atoms with Crippen molar-refractivity contribution in [1.82, 2.24) is 0 Å². The first-order chi connectivity index (χ1) is 12.7. The summed E-state index contributed by atoms with van der Waals surface area (Å²) < 4.78 is 13.9. The van der Waals surface area contributed by atoms with Gasteiger partial charge in [0.2, 0.25) is 0 Å². The molecule has 3 rings (SSSR count). The highest BCUT2D eigenvalue weighted by molar-refractivity contribution is 6.25. The molecular weight excluding hydrogens is 343 g/mol. The van der Waals surface area contributed by atoms with Gasteiger partial charge in [0.05, 0.1) is 0 Å². The van der Waals surface area contributed by atoms with Crippen LogP contribution in [0.2, 0.25) is 0 Å². The molecule has 0 unspecified atom stereocenters. The van der Waals surface area contributed by atoms with Crippen molar-refractivity contribution in [2.75, 3.05) is 0 Å². The molecule has 1 aromatic rings. The van der Waals surface area contributed by atoms with E-state index in [1.807, 2.05) is 13.0 Å². The van der Waals surface area contributed by atoms with E-state index < -0.39 is 0 Å². The minimum atomic E-state index is -0.0201. The molecule has 0 N–H and O–H groups in total. The van der Waals surface area contributed by atoms with Crippen LogP contribution < -0.4 is 0 Å². The molecule has 0 saturated heterocycles. The molecule has 2 heteroatoms. The second kappa shape index (κ2) is 9.93. The van der Waals surface area contributed by atoms with Crippen LogP contribution in [0, 0.1) is 29.5 Å². The number of allylic oxidation sites excluding steroid dienone is 1. The van der Waals surface area contributed by atoms with Crippen LogP contribution in [0.25, 0.3) is 0 Å². The second-order valence-corrected chi connectivity index (χ2v) is 8.84. The predicted molar refractivity (Wildman–Crippen MR) is 110 cm³/mol. The van der Waals surface area contributed by atoms with Crippen molar-refractivity contribution < 1.29 is 4.39 Å². The molecule has 0 spiro atoms. The molecule has 0 nitrogen and oxygen atoms in total. The Hall–Kier alpha value is -0.820. The standard InChI is InChI=1S/C24H34ClF/c1-2-21-10-9-20(17-24(21)26)4-3-18-5-11-22(12-6-18)23-13-7-19(8-14-23)15-16-25/h9-10,15-19,22-23H,2-8,11-14H2,1H3/b16-15+. The highest BCUT2D eigenvalue weighted by atomic mass is 35.5. The molecule has 2 aliphatic carbocycles. The van der Waals surface area contributed by atoms with Gasteiger partial charge in [0, 0.05) is 5.54 Å². The van der Waals surface area contributed by atoms with E-state index in [1.165, 1.54) is 63.4 Å². The third kappa shape index (κ3) is 5.35. The van der Waals surface area contributed by atoms with Crippen LogP contribution in [-0.2, 0) is 12.8 Å². The van der Waals surface area contributed by atoms with Crippen molar-refractivity contribution in [2.45, 2.75) is 77.6 Å². The Bertz CT molecular complexity index is 578. The molecule has 0 radical (unpaired) electrons. The maximum Gasteiger partial charge on any atom is 0.126 e. The lowest BCUT2D eigenvalue weighted by Gasteiger charge is -2.37. The highest BCUT2D eigenvalue weighted by Gasteiger charge is 2.30. The zero-order chi connectivity index (χ0) is 18.4. The summed E-state index contributed by atoms with van der Waals surface area (Å²) in [5.41, 5.74) is 3.72. The van der Waals surface area contributed by atoms with Crippen molar-refractivity contribution in [1.29, 1.82) is 0 Å². The topological polar surface area (TPSA) is 0 Å². The Balaban J connectivity index is 1.39. The molecule has 2 aliphatic rings. The van der Waals surface area contributed by atoms with Crippen LogP contribution in [0.5, 0.6) is 0 Å². The molecule has 2 saturated carbocycles. The zero-order valence-electron chi connectivity index (χ0n) is 16.2. The van der Waals surface area contributed by atoms with Gasteiger partial charge in [-0.15, -0.1) is 0 Å². The quantitative estimate of drug-likeness (QED) is 0.477. The lowest BCUT2D eigenvalue weighted by Crippen LogP contribution is -2.25. The fourth-order valence-corrected chi connectivity index (χ4v) is 5.47. The summed E-state index contributed by atoms with van der Waals surface area (Å²) in [5.74, 6) is 3.45. The second-order valence-electron chi connectivity index (χ2n) is 8.59. The summed E-state index contributed by atoms with van der Waals surface area (Å²) in [6.45, 7) is 2.01. The monoisotopic (exact) mass is 376 g/mol. The fraction of sp³-hybridized carbons (Fsp3) is 0.667. The minimum Gasteiger partial charge on any atom is -0.207 e. The minimum absolute atomic E-state index is 0.0201. The van der Waals surface area contributed by atoms with Crippen molar-refractivity contribution in [3.8, 4) is 0 Å². The lowest BCUT2D eigenvalue weighted by molar-refractivity contribution is 0.153. The molecule has 0 amide bonds. The number of hydrogen-bond acceptors (Lipinski definition) is 0. The van der Waals surface area contributed by atoms with Gasteiger partial charge in [-0.25, -0.2) is 4.39 Å². The normalized spacial score (nSPS) is 30.0. The van der Waals surface area contributed by atoms with Gasteiger partial charge in [0.25, 0.3) is 0 Å². The average Bonchev–Trinajstić information content (AvgIpc) is 2.68. The molecular formula is C24H34ClF. The van der Waals surface area contributed by atoms with Gasteiger partial charge >= 0.3 is 0 Å². The number of hydrogen-bond donors (Lipinski definition) is 0. The third-order valence-electron chi connectivity index (χ3n) is 7.06. The first-order valence-electron chi connectivity index (χ1n) is 10.7. The molecule has 0 aromatic heterocycles. The molecule has 1 aromatic carbocycles. The van der Waals surface area contributed by atoms with E-state index in [-0.39, 0.29) is 5.82 Å². The van der Waals surface area contributed by atoms with E-state index in [1.54, 1.807) is 11.6 Å². The van der Waals surface area contributed by atoms with Gasteiger partial charge < -0.3 is 0 Å². The van der Waals surface area contributed by atoms with E-state index in [2.05, 4.69) is 12.1 Å². The summed E-state index contributed by atoms with van der Waals surface area (Å²) in [4.78, 5) is 0. The van der Waals surface area contributed by atoms with E-state index in [9.17, 15) is 4.39 Å². The predicted octanol–water partition coefficient (Wildman–Crippen LogP) is 7.69. The Morgan fingerprint density at radius 2 is 1.65 bits per heavy atom. The fourth-order valence-electron chi connectivity index (χ4n) is 5.26. The first-order valence-corrected chi connectivity index (χ1v) is 11.2. The number of rotatable bonds is 6. The van der Waals surface area contributed by atoms with E-state index in [4.69, 9.17) is 11.6 Å². The van der Waals surface area contributed by atoms with E-state index in [0.29, 0.717) is 0 Å². The van der Waals surface area contributed by atoms with Crippen molar-refractivity contribution in [3.05, 3.63) is 46.8 Å². The number of benzene rings is 1. The summed E-state index contributed by atoms with van der Waals surface area (Å²) in [6.07, 6.45) is 16.2. The van der Waals surface area contributed by atoms with Gasteiger partial charge in [-0.2, -0.15) is 0 Å². The molecule has 0 atom stereocenters. The lowest BCUT2D eigenvalue weighted by atomic mass is 9.68. The molecule has 0 aliphatic heterocycles. The van der Waals surface area contributed by atoms with E-state index in [0.717, 1.165) is 42.1 Å². The van der Waals surface area contributed by atoms with Crippen molar-refractivity contribution in [2.24, 2.45) is 23.7 Å². The average molecular weight is 377 g/mol. The van der Waals surface area contributed by atoms with Gasteiger partial charge in [0.1, 0.15) is 5.82 Å². The number of halogens is 2. The van der Waals surface area contributed by atoms with Gasteiger partial charge in [-0.3, -0.25) is 0 Å². The molecule has 144 valence electrons. The number of aryl methyl sites for hydroxylation is 2. The first kappa shape index (κ1) is 19.9. The Morgan fingerprint density at radius 3 is 2.23 bits per heavy atom. The summed E-state index contributed by atoms with van der Waals surface area (Å²) >= 11 is 5.73. The Morgan fingerprint density at radius 1 is 1.00 bits per heavy atom. The van der Waals surface area contributed by atoms with Crippen molar-refractivity contribution >= 4 is 11.6 Å². The molecule has 26 heavy (non-hydrogen) atoms. The maximum atomic E-state index is 13.9. The van der Waals surface area contributed by atoms with Crippen LogP contribution in [0.15, 0.2) is 29.8 Å². The Kier molecular flexibility index (Phi) is 7.61. The van der Waals surface area contributed by atoms with Gasteiger partial charge in [-0.05, 0) is 98.7 Å². The van der Waals surface area contributed by atoms with Gasteiger partial charge in [-0.1, -0.05) is 49.6 Å². The zero-order valence-corrected chi connectivity index (χ0v) is 17.0. The smallest absolute Gasteiger partial charge is 0.126 e. The van der Waals surface area contributed by atoms with Crippen LogP contribution in [0.1, 0.15) is 75.8 Å². The van der Waals surface area contributed by atoms with Crippen LogP contribution >= 0.6 is 11.6 Å². The summed E-state index contributed by atoms with van der Waals surface area (Å²) in [6, 6.07) is 5.86. The molecule has 2 fully saturated rings. The maximum absolute atomic E-state index is 13.9. The highest BCUT2D eigenvalue weighted by Crippen LogP contribution is 2.42. The van der Waals surface area contributed by atoms with E-state index >= 15 is 0 Å². The SMILES string of the molecule is CCc1ccc(CCC2CCC(C3CCC(/C=C/Cl)CC3)CC2)cc1F. The third-order valence-corrected chi connectivity index (χ3v) is 7.20. The van der Waals surface area contributed by atoms with Crippen LogP contribution in [0.4, 0.5) is 4.39 Å². The van der Waals surface area contributed by atoms with Gasteiger partial charge in [0.15, 0.2) is 0 Å². The molecule has 0 heterocycles. The summed E-state index contributed by atoms with van der Waals surface area (Å²) in [5, 5.41) is 0. The van der Waals surface area contributed by atoms with Crippen molar-refractivity contribution in [3.63, 3.8) is 0 Å². The molecule has 0 bridgehead atoms.